The van der Waals surface area contributed by atoms with Gasteiger partial charge in [-0.25, -0.2) is 14.4 Å². The Kier molecular flexibility index (Phi) is 24.3. The minimum absolute atomic E-state index is 0.0258. The molecule has 1 aliphatic rings. The zero-order valence-electron chi connectivity index (χ0n) is 36.7. The van der Waals surface area contributed by atoms with Crippen LogP contribution < -0.4 is 16.0 Å². The standard InChI is InChI=1S/C43H61IN8O14/c44-33-10-6-31(7-11-33)26-52(15-2-1-3-34(41(62)63)46-43(66)47-35(42(64)65)12-13-36(53)54)40(61)32-8-4-30(5-9-32)25-45-14-16-48-17-19-49(27-37(55)56)21-23-51(29-39(59)60)24-22-50(20-18-48)28-38(57)58/h4-11,34-35,45H,1-3,12-29H2,(H,53,54)(H,55,56)(H,57,58)(H,59,60)(H,62,63)(H,64,65)(H2,46,47,66)/t34-,35-/m1/s1. The van der Waals surface area contributed by atoms with E-state index in [1.54, 1.807) is 31.7 Å². The summed E-state index contributed by atoms with van der Waals surface area (Å²) in [5.74, 6) is -7.32. The van der Waals surface area contributed by atoms with Gasteiger partial charge in [0, 0.05) is 101 Å². The summed E-state index contributed by atoms with van der Waals surface area (Å²) in [5, 5.41) is 64.1. The molecule has 2 atom stereocenters. The average molecular weight is 1040 g/mol. The Morgan fingerprint density at radius 1 is 0.576 bits per heavy atom. The zero-order chi connectivity index (χ0) is 48.6. The van der Waals surface area contributed by atoms with Gasteiger partial charge < -0.3 is 51.5 Å². The van der Waals surface area contributed by atoms with Gasteiger partial charge in [-0.05, 0) is 83.7 Å². The molecule has 0 aliphatic carbocycles. The lowest BCUT2D eigenvalue weighted by atomic mass is 10.1. The SMILES string of the molecule is O=C(O)CC[C@@H](NC(=O)N[C@H](CCCCN(Cc1ccc(I)cc1)C(=O)c1ccc(CNCCN2CCN(CC(=O)O)CCN(CC(=O)O)CCN(CC(=O)O)CC2)cc1)C(=O)O)C(=O)O. The molecule has 0 spiro atoms. The molecule has 364 valence electrons. The van der Waals surface area contributed by atoms with Crippen LogP contribution in [0.3, 0.4) is 0 Å². The normalized spacial score (nSPS) is 15.6. The van der Waals surface area contributed by atoms with Gasteiger partial charge in [0.1, 0.15) is 12.1 Å². The van der Waals surface area contributed by atoms with E-state index in [1.807, 2.05) is 36.4 Å². The number of benzene rings is 2. The van der Waals surface area contributed by atoms with Crippen molar-refractivity contribution >= 4 is 70.3 Å². The molecule has 1 fully saturated rings. The molecule has 22 nitrogen and oxygen atoms in total. The van der Waals surface area contributed by atoms with Crippen LogP contribution in [0.5, 0.6) is 0 Å². The highest BCUT2D eigenvalue weighted by Crippen LogP contribution is 2.16. The molecule has 3 amide bonds. The molecule has 66 heavy (non-hydrogen) atoms. The largest absolute Gasteiger partial charge is 0.481 e. The van der Waals surface area contributed by atoms with Crippen LogP contribution in [0.1, 0.15) is 53.6 Å². The third-order valence-corrected chi connectivity index (χ3v) is 11.5. The van der Waals surface area contributed by atoms with Crippen molar-refractivity contribution in [3.05, 3.63) is 68.8 Å². The number of aliphatic carboxylic acids is 6. The van der Waals surface area contributed by atoms with E-state index in [4.69, 9.17) is 5.11 Å². The van der Waals surface area contributed by atoms with Crippen molar-refractivity contribution in [2.75, 3.05) is 91.6 Å². The molecule has 1 heterocycles. The first-order chi connectivity index (χ1) is 31.4. The van der Waals surface area contributed by atoms with Crippen molar-refractivity contribution in [1.29, 1.82) is 0 Å². The Morgan fingerprint density at radius 2 is 1.03 bits per heavy atom. The van der Waals surface area contributed by atoms with E-state index in [9.17, 15) is 63.9 Å². The van der Waals surface area contributed by atoms with E-state index in [-0.39, 0.29) is 51.5 Å². The predicted molar refractivity (Wildman–Crippen MR) is 246 cm³/mol. The number of carboxylic acids is 6. The molecule has 9 N–H and O–H groups in total. The number of hydrogen-bond donors (Lipinski definition) is 9. The minimum Gasteiger partial charge on any atom is -0.481 e. The number of carbonyl (C=O) groups excluding carboxylic acids is 2. The zero-order valence-corrected chi connectivity index (χ0v) is 38.8. The fraction of sp³-hybridized carbons (Fsp3) is 0.535. The Bertz CT molecular complexity index is 1890. The summed E-state index contributed by atoms with van der Waals surface area (Å²) in [5.41, 5.74) is 2.22. The van der Waals surface area contributed by atoms with E-state index in [0.717, 1.165) is 14.7 Å². The maximum Gasteiger partial charge on any atom is 0.326 e. The van der Waals surface area contributed by atoms with Gasteiger partial charge in [0.05, 0.1) is 19.6 Å². The van der Waals surface area contributed by atoms with Gasteiger partial charge in [-0.15, -0.1) is 0 Å². The first-order valence-corrected chi connectivity index (χ1v) is 22.6. The highest BCUT2D eigenvalue weighted by Gasteiger charge is 2.26. The highest BCUT2D eigenvalue weighted by molar-refractivity contribution is 14.1. The van der Waals surface area contributed by atoms with Gasteiger partial charge in [-0.2, -0.15) is 0 Å². The Hall–Kier alpha value is -5.47. The second-order valence-corrected chi connectivity index (χ2v) is 17.2. The number of urea groups is 1. The lowest BCUT2D eigenvalue weighted by Crippen LogP contribution is -2.51. The number of nitrogens with one attached hydrogen (secondary N) is 3. The van der Waals surface area contributed by atoms with Crippen LogP contribution >= 0.6 is 22.6 Å². The second-order valence-electron chi connectivity index (χ2n) is 15.9. The monoisotopic (exact) mass is 1040 g/mol. The van der Waals surface area contributed by atoms with E-state index in [0.29, 0.717) is 84.0 Å². The van der Waals surface area contributed by atoms with Crippen LogP contribution in [0.2, 0.25) is 0 Å². The molecule has 0 aromatic heterocycles. The van der Waals surface area contributed by atoms with Gasteiger partial charge in [-0.3, -0.25) is 43.6 Å². The van der Waals surface area contributed by atoms with E-state index in [1.165, 1.54) is 0 Å². The smallest absolute Gasteiger partial charge is 0.326 e. The number of halogens is 1. The number of amides is 3. The molecule has 23 heteroatoms. The minimum atomic E-state index is -1.53. The average Bonchev–Trinajstić information content (AvgIpc) is 3.24. The van der Waals surface area contributed by atoms with Crippen molar-refractivity contribution in [2.24, 2.45) is 0 Å². The lowest BCUT2D eigenvalue weighted by molar-refractivity contribution is -0.141. The predicted octanol–water partition coefficient (Wildman–Crippen LogP) is 0.739. The summed E-state index contributed by atoms with van der Waals surface area (Å²) >= 11 is 2.18. The Labute approximate surface area is 396 Å². The van der Waals surface area contributed by atoms with Crippen molar-refractivity contribution in [3.8, 4) is 0 Å². The van der Waals surface area contributed by atoms with Crippen molar-refractivity contribution in [2.45, 2.75) is 57.3 Å². The molecule has 2 aromatic rings. The molecule has 3 rings (SSSR count). The van der Waals surface area contributed by atoms with Gasteiger partial charge in [0.25, 0.3) is 5.91 Å². The van der Waals surface area contributed by atoms with E-state index in [2.05, 4.69) is 43.4 Å². The van der Waals surface area contributed by atoms with Gasteiger partial charge in [0.2, 0.25) is 0 Å². The van der Waals surface area contributed by atoms with E-state index < -0.39 is 66.8 Å². The van der Waals surface area contributed by atoms with Crippen LogP contribution in [-0.2, 0) is 41.9 Å². The van der Waals surface area contributed by atoms with Crippen molar-refractivity contribution < 1.29 is 69.0 Å². The number of carbonyl (C=O) groups is 8. The molecule has 1 saturated heterocycles. The molecule has 2 aromatic carbocycles. The number of carboxylic acid groups (broad SMARTS) is 6. The number of unbranched alkanes of at least 4 members (excludes halogenated alkanes) is 1. The maximum atomic E-state index is 13.9. The maximum absolute atomic E-state index is 13.9. The molecule has 0 unspecified atom stereocenters. The van der Waals surface area contributed by atoms with Crippen LogP contribution in [-0.4, -0.2) is 207 Å². The number of nitrogens with zero attached hydrogens (tertiary/aromatic N) is 5. The van der Waals surface area contributed by atoms with Crippen LogP contribution in [0.25, 0.3) is 0 Å². The highest BCUT2D eigenvalue weighted by atomic mass is 127. The third kappa shape index (κ3) is 22.1. The molecule has 1 aliphatic heterocycles. The van der Waals surface area contributed by atoms with Crippen LogP contribution in [0.15, 0.2) is 48.5 Å². The molecule has 0 bridgehead atoms. The first kappa shape index (κ1) is 54.9. The van der Waals surface area contributed by atoms with Gasteiger partial charge >= 0.3 is 41.8 Å². The summed E-state index contributed by atoms with van der Waals surface area (Å²) in [6.45, 7) is 4.61. The van der Waals surface area contributed by atoms with Crippen molar-refractivity contribution in [3.63, 3.8) is 0 Å². The molecular formula is C43H61IN8O14. The second kappa shape index (κ2) is 29.2. The third-order valence-electron chi connectivity index (χ3n) is 10.7. The summed E-state index contributed by atoms with van der Waals surface area (Å²) in [4.78, 5) is 104. The van der Waals surface area contributed by atoms with E-state index >= 15 is 0 Å². The summed E-state index contributed by atoms with van der Waals surface area (Å²) in [6, 6.07) is 10.8. The topological polar surface area (TPSA) is 310 Å². The molecule has 0 saturated carbocycles. The van der Waals surface area contributed by atoms with Gasteiger partial charge in [-0.1, -0.05) is 24.3 Å². The van der Waals surface area contributed by atoms with Crippen molar-refractivity contribution in [1.82, 2.24) is 40.4 Å². The molecule has 0 radical (unpaired) electrons. The number of hydrogen-bond acceptors (Lipinski definition) is 13. The van der Waals surface area contributed by atoms with Gasteiger partial charge in [0.15, 0.2) is 0 Å². The van der Waals surface area contributed by atoms with Crippen LogP contribution in [0, 0.1) is 3.57 Å². The summed E-state index contributed by atoms with van der Waals surface area (Å²) < 4.78 is 1.02. The number of rotatable bonds is 26. The fourth-order valence-corrected chi connectivity index (χ4v) is 7.48. The Morgan fingerprint density at radius 3 is 1.48 bits per heavy atom. The fourth-order valence-electron chi connectivity index (χ4n) is 7.12. The quantitative estimate of drug-likeness (QED) is 0.0464. The Balaban J connectivity index is 1.60. The summed E-state index contributed by atoms with van der Waals surface area (Å²) in [6.07, 6.45) is -0.272. The van der Waals surface area contributed by atoms with Crippen LogP contribution in [0.4, 0.5) is 4.79 Å². The summed E-state index contributed by atoms with van der Waals surface area (Å²) in [7, 11) is 0. The first-order valence-electron chi connectivity index (χ1n) is 21.5. The molecular weight excluding hydrogens is 979 g/mol. The lowest BCUT2D eigenvalue weighted by Gasteiger charge is -2.33.